The Morgan fingerprint density at radius 1 is 1.24 bits per heavy atom. The molecule has 0 aliphatic heterocycles. The molecule has 2 aromatic rings. The average Bonchev–Trinajstić information content (AvgIpc) is 2.40. The summed E-state index contributed by atoms with van der Waals surface area (Å²) in [6, 6.07) is 11.3. The van der Waals surface area contributed by atoms with E-state index in [2.05, 4.69) is 16.4 Å². The summed E-state index contributed by atoms with van der Waals surface area (Å²) in [6.45, 7) is 0. The van der Waals surface area contributed by atoms with Crippen LogP contribution in [0.2, 0.25) is 0 Å². The second-order valence-electron chi connectivity index (χ2n) is 3.36. The lowest BCUT2D eigenvalue weighted by Crippen LogP contribution is -1.96. The number of benzene rings is 1. The maximum Gasteiger partial charge on any atom is 0.142 e. The quantitative estimate of drug-likeness (QED) is 0.872. The second kappa shape index (κ2) is 4.99. The first-order valence-corrected chi connectivity index (χ1v) is 5.09. The highest BCUT2D eigenvalue weighted by Crippen LogP contribution is 2.27. The largest absolute Gasteiger partial charge is 0.495 e. The minimum Gasteiger partial charge on any atom is -0.495 e. The molecule has 0 saturated heterocycles. The molecule has 1 heterocycles. The lowest BCUT2D eigenvalue weighted by atomic mass is 10.2. The molecule has 0 amide bonds. The van der Waals surface area contributed by atoms with Crippen LogP contribution in [0.4, 0.5) is 11.4 Å². The Bertz CT molecular complexity index is 561. The molecule has 0 unspecified atom stereocenters. The summed E-state index contributed by atoms with van der Waals surface area (Å²) >= 11 is 0. The first kappa shape index (κ1) is 11.0. The number of hydrogen-bond acceptors (Lipinski definition) is 4. The van der Waals surface area contributed by atoms with Gasteiger partial charge in [0.05, 0.1) is 30.2 Å². The summed E-state index contributed by atoms with van der Waals surface area (Å²) < 4.78 is 5.23. The standard InChI is InChI=1S/C13H11N3O/c1-17-13-5-3-2-4-11(13)16-12-9-15-7-6-10(12)8-14/h2-7,9,16H,1H3. The number of methoxy groups -OCH3 is 1. The van der Waals surface area contributed by atoms with Crippen molar-refractivity contribution >= 4 is 11.4 Å². The molecule has 4 heteroatoms. The predicted molar refractivity (Wildman–Crippen MR) is 65.2 cm³/mol. The molecule has 1 aromatic carbocycles. The van der Waals surface area contributed by atoms with Crippen LogP contribution in [-0.4, -0.2) is 12.1 Å². The van der Waals surface area contributed by atoms with E-state index in [0.29, 0.717) is 11.3 Å². The zero-order valence-electron chi connectivity index (χ0n) is 9.34. The van der Waals surface area contributed by atoms with Crippen molar-refractivity contribution in [2.45, 2.75) is 0 Å². The van der Waals surface area contributed by atoms with E-state index < -0.39 is 0 Å². The Morgan fingerprint density at radius 3 is 2.82 bits per heavy atom. The molecule has 1 aromatic heterocycles. The van der Waals surface area contributed by atoms with Crippen LogP contribution in [0.25, 0.3) is 0 Å². The molecule has 0 bridgehead atoms. The second-order valence-corrected chi connectivity index (χ2v) is 3.36. The third kappa shape index (κ3) is 2.34. The van der Waals surface area contributed by atoms with Gasteiger partial charge in [-0.25, -0.2) is 0 Å². The Kier molecular flexibility index (Phi) is 3.22. The molecule has 2 rings (SSSR count). The van der Waals surface area contributed by atoms with Crippen molar-refractivity contribution in [3.63, 3.8) is 0 Å². The topological polar surface area (TPSA) is 57.9 Å². The fraction of sp³-hybridized carbons (Fsp3) is 0.0769. The van der Waals surface area contributed by atoms with Crippen LogP contribution in [0, 0.1) is 11.3 Å². The van der Waals surface area contributed by atoms with Crippen molar-refractivity contribution in [3.05, 3.63) is 48.3 Å². The van der Waals surface area contributed by atoms with Crippen LogP contribution in [0.15, 0.2) is 42.7 Å². The molecule has 1 N–H and O–H groups in total. The lowest BCUT2D eigenvalue weighted by Gasteiger charge is -2.11. The van der Waals surface area contributed by atoms with Gasteiger partial charge in [-0.15, -0.1) is 0 Å². The van der Waals surface area contributed by atoms with Gasteiger partial charge in [-0.2, -0.15) is 5.26 Å². The average molecular weight is 225 g/mol. The van der Waals surface area contributed by atoms with Gasteiger partial charge < -0.3 is 10.1 Å². The monoisotopic (exact) mass is 225 g/mol. The van der Waals surface area contributed by atoms with Crippen molar-refractivity contribution in [1.82, 2.24) is 4.98 Å². The summed E-state index contributed by atoms with van der Waals surface area (Å²) in [5.74, 6) is 0.722. The first-order chi connectivity index (χ1) is 8.35. The van der Waals surface area contributed by atoms with Crippen LogP contribution in [0.3, 0.4) is 0 Å². The Balaban J connectivity index is 2.35. The minimum atomic E-state index is 0.547. The van der Waals surface area contributed by atoms with Crippen molar-refractivity contribution in [2.24, 2.45) is 0 Å². The minimum absolute atomic E-state index is 0.547. The SMILES string of the molecule is COc1ccccc1Nc1cnccc1C#N. The van der Waals surface area contributed by atoms with Crippen LogP contribution < -0.4 is 10.1 Å². The van der Waals surface area contributed by atoms with Crippen LogP contribution >= 0.6 is 0 Å². The van der Waals surface area contributed by atoms with Gasteiger partial charge in [-0.1, -0.05) is 12.1 Å². The highest BCUT2D eigenvalue weighted by molar-refractivity contribution is 5.69. The van der Waals surface area contributed by atoms with E-state index in [-0.39, 0.29) is 0 Å². The fourth-order valence-electron chi connectivity index (χ4n) is 1.48. The van der Waals surface area contributed by atoms with Crippen molar-refractivity contribution < 1.29 is 4.74 Å². The molecule has 0 aliphatic rings. The lowest BCUT2D eigenvalue weighted by molar-refractivity contribution is 0.417. The summed E-state index contributed by atoms with van der Waals surface area (Å²) in [6.07, 6.45) is 3.21. The zero-order chi connectivity index (χ0) is 12.1. The predicted octanol–water partition coefficient (Wildman–Crippen LogP) is 2.71. The Labute approximate surface area is 99.5 Å². The van der Waals surface area contributed by atoms with Crippen molar-refractivity contribution in [1.29, 1.82) is 5.26 Å². The molecule has 17 heavy (non-hydrogen) atoms. The molecule has 0 fully saturated rings. The van der Waals surface area contributed by atoms with Gasteiger partial charge in [0.2, 0.25) is 0 Å². The van der Waals surface area contributed by atoms with Gasteiger partial charge in [0, 0.05) is 6.20 Å². The normalized spacial score (nSPS) is 9.41. The van der Waals surface area contributed by atoms with Gasteiger partial charge in [0.25, 0.3) is 0 Å². The number of anilines is 2. The van der Waals surface area contributed by atoms with Crippen LogP contribution in [-0.2, 0) is 0 Å². The summed E-state index contributed by atoms with van der Waals surface area (Å²) in [4.78, 5) is 3.99. The maximum atomic E-state index is 8.97. The van der Waals surface area contributed by atoms with Gasteiger partial charge in [-0.05, 0) is 18.2 Å². The third-order valence-electron chi connectivity index (χ3n) is 2.32. The molecule has 4 nitrogen and oxygen atoms in total. The molecule has 0 radical (unpaired) electrons. The maximum absolute atomic E-state index is 8.97. The van der Waals surface area contributed by atoms with E-state index >= 15 is 0 Å². The molecule has 0 atom stereocenters. The van der Waals surface area contributed by atoms with E-state index in [9.17, 15) is 0 Å². The zero-order valence-corrected chi connectivity index (χ0v) is 9.34. The van der Waals surface area contributed by atoms with Crippen LogP contribution in [0.1, 0.15) is 5.56 Å². The number of aromatic nitrogens is 1. The third-order valence-corrected chi connectivity index (χ3v) is 2.32. The van der Waals surface area contributed by atoms with Crippen LogP contribution in [0.5, 0.6) is 5.75 Å². The Hall–Kier alpha value is -2.54. The van der Waals surface area contributed by atoms with Gasteiger partial charge >= 0.3 is 0 Å². The number of rotatable bonds is 3. The van der Waals surface area contributed by atoms with E-state index in [1.165, 1.54) is 0 Å². The number of nitrogens with zero attached hydrogens (tertiary/aromatic N) is 2. The molecule has 84 valence electrons. The number of pyridine rings is 1. The number of ether oxygens (including phenoxy) is 1. The molecule has 0 aliphatic carbocycles. The highest BCUT2D eigenvalue weighted by atomic mass is 16.5. The van der Waals surface area contributed by atoms with E-state index in [1.807, 2.05) is 24.3 Å². The number of para-hydroxylation sites is 2. The Morgan fingerprint density at radius 2 is 2.06 bits per heavy atom. The number of nitrogens with one attached hydrogen (secondary N) is 1. The summed E-state index contributed by atoms with van der Waals surface area (Å²) in [5, 5.41) is 12.1. The summed E-state index contributed by atoms with van der Waals surface area (Å²) in [5.41, 5.74) is 2.02. The highest BCUT2D eigenvalue weighted by Gasteiger charge is 2.05. The molecule has 0 saturated carbocycles. The van der Waals surface area contributed by atoms with Crippen molar-refractivity contribution in [2.75, 3.05) is 12.4 Å². The van der Waals surface area contributed by atoms with Gasteiger partial charge in [-0.3, -0.25) is 4.98 Å². The first-order valence-electron chi connectivity index (χ1n) is 5.09. The van der Waals surface area contributed by atoms with Gasteiger partial charge in [0.1, 0.15) is 11.8 Å². The van der Waals surface area contributed by atoms with Crippen molar-refractivity contribution in [3.8, 4) is 11.8 Å². The molecular weight excluding hydrogens is 214 g/mol. The number of hydrogen-bond donors (Lipinski definition) is 1. The molecule has 0 spiro atoms. The summed E-state index contributed by atoms with van der Waals surface area (Å²) in [7, 11) is 1.61. The number of nitriles is 1. The smallest absolute Gasteiger partial charge is 0.142 e. The fourth-order valence-corrected chi connectivity index (χ4v) is 1.48. The van der Waals surface area contributed by atoms with E-state index in [1.54, 1.807) is 25.6 Å². The van der Waals surface area contributed by atoms with E-state index in [0.717, 1.165) is 11.4 Å². The molecular formula is C13H11N3O. The van der Waals surface area contributed by atoms with E-state index in [4.69, 9.17) is 10.00 Å². The van der Waals surface area contributed by atoms with Gasteiger partial charge in [0.15, 0.2) is 0 Å².